The fraction of sp³-hybridized carbons (Fsp3) is 0.455. The summed E-state index contributed by atoms with van der Waals surface area (Å²) in [5.41, 5.74) is 6.41. The molecule has 0 bridgehead atoms. The summed E-state index contributed by atoms with van der Waals surface area (Å²) >= 11 is 5.95. The molecular formula is C11H13ClFN. The van der Waals surface area contributed by atoms with Gasteiger partial charge in [0.25, 0.3) is 0 Å². The summed E-state index contributed by atoms with van der Waals surface area (Å²) in [6, 6.07) is 4.94. The van der Waals surface area contributed by atoms with Crippen LogP contribution in [0.15, 0.2) is 18.2 Å². The van der Waals surface area contributed by atoms with E-state index in [1.165, 1.54) is 6.07 Å². The van der Waals surface area contributed by atoms with Gasteiger partial charge in [0.05, 0.1) is 0 Å². The molecule has 14 heavy (non-hydrogen) atoms. The molecule has 0 unspecified atom stereocenters. The number of rotatable bonds is 2. The number of nitrogens with two attached hydrogens (primary N) is 1. The fourth-order valence-electron chi connectivity index (χ4n) is 1.99. The molecule has 0 radical (unpaired) electrons. The van der Waals surface area contributed by atoms with Crippen LogP contribution in [0.3, 0.4) is 0 Å². The Hall–Kier alpha value is -0.600. The van der Waals surface area contributed by atoms with Crippen LogP contribution in [-0.4, -0.2) is 6.04 Å². The molecule has 0 aliphatic heterocycles. The molecule has 3 atom stereocenters. The lowest BCUT2D eigenvalue weighted by molar-refractivity contribution is 0.589. The zero-order chi connectivity index (χ0) is 10.3. The average Bonchev–Trinajstić information content (AvgIpc) is 2.83. The average molecular weight is 214 g/mol. The molecule has 76 valence electrons. The molecule has 1 saturated carbocycles. The van der Waals surface area contributed by atoms with Gasteiger partial charge < -0.3 is 5.73 Å². The maximum absolute atomic E-state index is 13.5. The smallest absolute Gasteiger partial charge is 0.128 e. The molecule has 0 heterocycles. The minimum Gasteiger partial charge on any atom is -0.328 e. The van der Waals surface area contributed by atoms with Gasteiger partial charge in [0.15, 0.2) is 0 Å². The summed E-state index contributed by atoms with van der Waals surface area (Å²) in [5.74, 6) is 0.416. The van der Waals surface area contributed by atoms with Crippen molar-refractivity contribution in [1.82, 2.24) is 0 Å². The van der Waals surface area contributed by atoms with Gasteiger partial charge in [-0.15, -0.1) is 0 Å². The van der Waals surface area contributed by atoms with Crippen LogP contribution in [0.1, 0.15) is 24.8 Å². The lowest BCUT2D eigenvalue weighted by atomic mass is 10.1. The molecule has 3 heteroatoms. The zero-order valence-corrected chi connectivity index (χ0v) is 8.76. The highest BCUT2D eigenvalue weighted by molar-refractivity contribution is 6.31. The van der Waals surface area contributed by atoms with Gasteiger partial charge >= 0.3 is 0 Å². The molecular weight excluding hydrogens is 201 g/mol. The van der Waals surface area contributed by atoms with Gasteiger partial charge in [0.1, 0.15) is 5.82 Å². The summed E-state index contributed by atoms with van der Waals surface area (Å²) in [4.78, 5) is 0. The van der Waals surface area contributed by atoms with E-state index in [9.17, 15) is 4.39 Å². The lowest BCUT2D eigenvalue weighted by Gasteiger charge is -2.06. The Morgan fingerprint density at radius 2 is 2.29 bits per heavy atom. The van der Waals surface area contributed by atoms with Gasteiger partial charge in [-0.25, -0.2) is 4.39 Å². The van der Waals surface area contributed by atoms with Crippen LogP contribution < -0.4 is 5.73 Å². The first kappa shape index (κ1) is 9.94. The molecule has 2 N–H and O–H groups in total. The van der Waals surface area contributed by atoms with E-state index >= 15 is 0 Å². The van der Waals surface area contributed by atoms with Gasteiger partial charge in [-0.05, 0) is 37.3 Å². The minimum atomic E-state index is -0.203. The van der Waals surface area contributed by atoms with Crippen molar-refractivity contribution in [3.05, 3.63) is 34.6 Å². The summed E-state index contributed by atoms with van der Waals surface area (Å²) < 4.78 is 13.5. The molecule has 1 aliphatic rings. The van der Waals surface area contributed by atoms with E-state index < -0.39 is 0 Å². The number of halogens is 2. The number of hydrogen-bond donors (Lipinski definition) is 1. The van der Waals surface area contributed by atoms with Crippen molar-refractivity contribution in [2.75, 3.05) is 0 Å². The van der Waals surface area contributed by atoms with E-state index in [1.54, 1.807) is 12.1 Å². The van der Waals surface area contributed by atoms with Crippen molar-refractivity contribution in [3.63, 3.8) is 0 Å². The first-order chi connectivity index (χ1) is 6.61. The van der Waals surface area contributed by atoms with E-state index in [0.29, 0.717) is 16.5 Å². The third kappa shape index (κ3) is 1.64. The van der Waals surface area contributed by atoms with Crippen molar-refractivity contribution >= 4 is 11.6 Å². The summed E-state index contributed by atoms with van der Waals surface area (Å²) in [5, 5.41) is 0.526. The third-order valence-electron chi connectivity index (χ3n) is 2.89. The van der Waals surface area contributed by atoms with Gasteiger partial charge in [-0.3, -0.25) is 0 Å². The first-order valence-corrected chi connectivity index (χ1v) is 5.18. The van der Waals surface area contributed by atoms with Crippen LogP contribution in [-0.2, 0) is 0 Å². The fourth-order valence-corrected chi connectivity index (χ4v) is 2.30. The summed E-state index contributed by atoms with van der Waals surface area (Å²) in [6.07, 6.45) is 0.957. The lowest BCUT2D eigenvalue weighted by Crippen LogP contribution is -2.18. The molecule has 1 aromatic rings. The highest BCUT2D eigenvalue weighted by atomic mass is 35.5. The van der Waals surface area contributed by atoms with Crippen LogP contribution in [0.25, 0.3) is 0 Å². The predicted molar refractivity (Wildman–Crippen MR) is 55.9 cm³/mol. The Morgan fingerprint density at radius 3 is 2.79 bits per heavy atom. The summed E-state index contributed by atoms with van der Waals surface area (Å²) in [6.45, 7) is 1.96. The van der Waals surface area contributed by atoms with E-state index in [0.717, 1.165) is 6.42 Å². The van der Waals surface area contributed by atoms with Crippen LogP contribution in [0.5, 0.6) is 0 Å². The Balaban J connectivity index is 2.26. The SMILES string of the molecule is C[C@H](N)[C@@H]1C[C@H]1c1c(F)cccc1Cl. The topological polar surface area (TPSA) is 26.0 Å². The van der Waals surface area contributed by atoms with E-state index in [-0.39, 0.29) is 17.8 Å². The standard InChI is InChI=1S/C11H13ClFN/c1-6(14)7-5-8(7)11-9(12)3-2-4-10(11)13/h2-4,6-8H,5,14H2,1H3/t6-,7-,8+/m0/s1. The Bertz CT molecular complexity index is 331. The summed E-state index contributed by atoms with van der Waals surface area (Å²) in [7, 11) is 0. The Kier molecular flexibility index (Phi) is 2.50. The molecule has 1 fully saturated rings. The van der Waals surface area contributed by atoms with Crippen LogP contribution in [0.2, 0.25) is 5.02 Å². The largest absolute Gasteiger partial charge is 0.328 e. The molecule has 0 amide bonds. The van der Waals surface area contributed by atoms with E-state index in [1.807, 2.05) is 6.92 Å². The Morgan fingerprint density at radius 1 is 1.57 bits per heavy atom. The third-order valence-corrected chi connectivity index (χ3v) is 3.22. The maximum atomic E-state index is 13.5. The molecule has 2 rings (SSSR count). The second-order valence-corrected chi connectivity index (χ2v) is 4.41. The van der Waals surface area contributed by atoms with E-state index in [4.69, 9.17) is 17.3 Å². The first-order valence-electron chi connectivity index (χ1n) is 4.80. The van der Waals surface area contributed by atoms with E-state index in [2.05, 4.69) is 0 Å². The second kappa shape index (κ2) is 3.52. The number of benzene rings is 1. The molecule has 0 aromatic heterocycles. The predicted octanol–water partition coefficient (Wildman–Crippen LogP) is 2.93. The molecule has 1 aromatic carbocycles. The molecule has 0 saturated heterocycles. The van der Waals surface area contributed by atoms with Gasteiger partial charge in [-0.2, -0.15) is 0 Å². The van der Waals surface area contributed by atoms with Crippen molar-refractivity contribution in [2.45, 2.75) is 25.3 Å². The number of hydrogen-bond acceptors (Lipinski definition) is 1. The van der Waals surface area contributed by atoms with Crippen molar-refractivity contribution < 1.29 is 4.39 Å². The monoisotopic (exact) mass is 213 g/mol. The van der Waals surface area contributed by atoms with Crippen LogP contribution >= 0.6 is 11.6 Å². The van der Waals surface area contributed by atoms with Gasteiger partial charge in [0.2, 0.25) is 0 Å². The molecule has 1 aliphatic carbocycles. The zero-order valence-electron chi connectivity index (χ0n) is 8.00. The molecule has 1 nitrogen and oxygen atoms in total. The van der Waals surface area contributed by atoms with Crippen LogP contribution in [0.4, 0.5) is 4.39 Å². The van der Waals surface area contributed by atoms with Crippen molar-refractivity contribution in [1.29, 1.82) is 0 Å². The van der Waals surface area contributed by atoms with Crippen molar-refractivity contribution in [2.24, 2.45) is 11.7 Å². The highest BCUT2D eigenvalue weighted by Gasteiger charge is 2.43. The highest BCUT2D eigenvalue weighted by Crippen LogP contribution is 2.51. The van der Waals surface area contributed by atoms with Crippen molar-refractivity contribution in [3.8, 4) is 0 Å². The minimum absolute atomic E-state index is 0.121. The molecule has 0 spiro atoms. The quantitative estimate of drug-likeness (QED) is 0.803. The van der Waals surface area contributed by atoms with Crippen LogP contribution in [0, 0.1) is 11.7 Å². The second-order valence-electron chi connectivity index (χ2n) is 4.00. The van der Waals surface area contributed by atoms with Gasteiger partial charge in [0, 0.05) is 16.6 Å². The normalized spacial score (nSPS) is 27.4. The van der Waals surface area contributed by atoms with Gasteiger partial charge in [-0.1, -0.05) is 17.7 Å². The maximum Gasteiger partial charge on any atom is 0.128 e. The Labute approximate surface area is 88.1 Å².